The number of thioether (sulfide) groups is 1. The SMILES string of the molecule is CC(=O)SCCC=Cc1ccc([N+](=O)[O-])c(O)c1. The zero-order valence-electron chi connectivity index (χ0n) is 9.83. The fraction of sp³-hybridized carbons (Fsp3) is 0.250. The van der Waals surface area contributed by atoms with E-state index in [-0.39, 0.29) is 16.6 Å². The minimum absolute atomic E-state index is 0.0800. The molecule has 0 heterocycles. The maximum atomic E-state index is 10.7. The second-order valence-corrected chi connectivity index (χ2v) is 4.81. The molecular formula is C12H13NO4S. The molecule has 0 spiro atoms. The van der Waals surface area contributed by atoms with E-state index in [1.54, 1.807) is 12.1 Å². The van der Waals surface area contributed by atoms with Gasteiger partial charge in [-0.05, 0) is 24.1 Å². The maximum absolute atomic E-state index is 10.7. The number of nitro groups is 1. The Morgan fingerprint density at radius 2 is 2.28 bits per heavy atom. The summed E-state index contributed by atoms with van der Waals surface area (Å²) in [6, 6.07) is 4.17. The zero-order chi connectivity index (χ0) is 13.5. The minimum Gasteiger partial charge on any atom is -0.502 e. The molecule has 0 saturated heterocycles. The van der Waals surface area contributed by atoms with Crippen LogP contribution >= 0.6 is 11.8 Å². The van der Waals surface area contributed by atoms with Gasteiger partial charge in [-0.25, -0.2) is 0 Å². The van der Waals surface area contributed by atoms with E-state index in [0.717, 1.165) is 6.42 Å². The van der Waals surface area contributed by atoms with E-state index in [9.17, 15) is 20.0 Å². The molecule has 18 heavy (non-hydrogen) atoms. The van der Waals surface area contributed by atoms with Crippen LogP contribution in [0.15, 0.2) is 24.3 Å². The van der Waals surface area contributed by atoms with Gasteiger partial charge in [-0.3, -0.25) is 14.9 Å². The third kappa shape index (κ3) is 4.58. The molecule has 0 fully saturated rings. The molecule has 5 nitrogen and oxygen atoms in total. The Morgan fingerprint density at radius 1 is 1.56 bits per heavy atom. The topological polar surface area (TPSA) is 80.4 Å². The van der Waals surface area contributed by atoms with E-state index in [4.69, 9.17) is 0 Å². The van der Waals surface area contributed by atoms with Gasteiger partial charge in [0.15, 0.2) is 10.9 Å². The number of aromatic hydroxyl groups is 1. The molecule has 0 aliphatic rings. The Kier molecular flexibility index (Phi) is 5.38. The first-order chi connectivity index (χ1) is 8.50. The number of nitrogens with zero attached hydrogens (tertiary/aromatic N) is 1. The molecule has 0 aliphatic heterocycles. The molecule has 0 atom stereocenters. The van der Waals surface area contributed by atoms with Gasteiger partial charge in [-0.15, -0.1) is 0 Å². The summed E-state index contributed by atoms with van der Waals surface area (Å²) in [5, 5.41) is 20.0. The lowest BCUT2D eigenvalue weighted by molar-refractivity contribution is -0.385. The van der Waals surface area contributed by atoms with E-state index >= 15 is 0 Å². The number of carbonyl (C=O) groups is 1. The summed E-state index contributed by atoms with van der Waals surface area (Å²) < 4.78 is 0. The van der Waals surface area contributed by atoms with Crippen LogP contribution in [0.25, 0.3) is 6.08 Å². The summed E-state index contributed by atoms with van der Waals surface area (Å²) in [7, 11) is 0. The van der Waals surface area contributed by atoms with Gasteiger partial charge in [0.2, 0.25) is 0 Å². The van der Waals surface area contributed by atoms with Crippen molar-refractivity contribution in [2.24, 2.45) is 0 Å². The van der Waals surface area contributed by atoms with Crippen LogP contribution in [0.4, 0.5) is 5.69 Å². The summed E-state index contributed by atoms with van der Waals surface area (Å²) in [5.74, 6) is 0.352. The second-order valence-electron chi connectivity index (χ2n) is 3.54. The number of rotatable bonds is 5. The van der Waals surface area contributed by atoms with Crippen molar-refractivity contribution in [1.82, 2.24) is 0 Å². The standard InChI is InChI=1S/C12H13NO4S/c1-9(14)18-7-3-2-4-10-5-6-11(13(16)17)12(15)8-10/h2,4-6,8,15H,3,7H2,1H3. The van der Waals surface area contributed by atoms with Crippen LogP contribution in [0.3, 0.4) is 0 Å². The van der Waals surface area contributed by atoms with Crippen LogP contribution in [0.1, 0.15) is 18.9 Å². The molecule has 1 aromatic carbocycles. The quantitative estimate of drug-likeness (QED) is 0.504. The Labute approximate surface area is 109 Å². The van der Waals surface area contributed by atoms with Crippen molar-refractivity contribution in [2.45, 2.75) is 13.3 Å². The van der Waals surface area contributed by atoms with Gasteiger partial charge in [0.1, 0.15) is 0 Å². The Morgan fingerprint density at radius 3 is 2.83 bits per heavy atom. The van der Waals surface area contributed by atoms with E-state index in [1.165, 1.54) is 30.8 Å². The molecule has 1 rings (SSSR count). The fourth-order valence-electron chi connectivity index (χ4n) is 1.29. The predicted octanol–water partition coefficient (Wildman–Crippen LogP) is 2.98. The molecular weight excluding hydrogens is 254 g/mol. The first-order valence-corrected chi connectivity index (χ1v) is 6.26. The number of phenolic OH excluding ortho intramolecular Hbond substituents is 1. The first kappa shape index (κ1) is 14.2. The number of nitro benzene ring substituents is 1. The van der Waals surface area contributed by atoms with Crippen LogP contribution in [-0.4, -0.2) is 20.9 Å². The normalized spacial score (nSPS) is 10.7. The van der Waals surface area contributed by atoms with Crippen LogP contribution in [0.5, 0.6) is 5.75 Å². The van der Waals surface area contributed by atoms with Gasteiger partial charge in [-0.1, -0.05) is 23.9 Å². The molecule has 0 unspecified atom stereocenters. The minimum atomic E-state index is -0.633. The van der Waals surface area contributed by atoms with Gasteiger partial charge >= 0.3 is 5.69 Å². The Balaban J connectivity index is 2.58. The van der Waals surface area contributed by atoms with Gasteiger partial charge in [-0.2, -0.15) is 0 Å². The second kappa shape index (κ2) is 6.80. The molecule has 0 aromatic heterocycles. The van der Waals surface area contributed by atoms with Crippen molar-refractivity contribution in [3.05, 3.63) is 40.0 Å². The van der Waals surface area contributed by atoms with Crippen LogP contribution < -0.4 is 0 Å². The van der Waals surface area contributed by atoms with Crippen molar-refractivity contribution in [2.75, 3.05) is 5.75 Å². The number of carbonyl (C=O) groups excluding carboxylic acids is 1. The molecule has 1 N–H and O–H groups in total. The summed E-state index contributed by atoms with van der Waals surface area (Å²) in [6.07, 6.45) is 4.34. The lowest BCUT2D eigenvalue weighted by atomic mass is 10.1. The number of benzene rings is 1. The third-order valence-corrected chi connectivity index (χ3v) is 2.94. The van der Waals surface area contributed by atoms with E-state index in [2.05, 4.69) is 0 Å². The first-order valence-electron chi connectivity index (χ1n) is 5.28. The highest BCUT2D eigenvalue weighted by molar-refractivity contribution is 8.13. The van der Waals surface area contributed by atoms with Crippen molar-refractivity contribution >= 4 is 28.6 Å². The van der Waals surface area contributed by atoms with Gasteiger partial charge in [0.05, 0.1) is 4.92 Å². The smallest absolute Gasteiger partial charge is 0.310 e. The van der Waals surface area contributed by atoms with E-state index in [0.29, 0.717) is 11.3 Å². The average molecular weight is 267 g/mol. The number of hydrogen-bond donors (Lipinski definition) is 1. The molecule has 1 aromatic rings. The Hall–Kier alpha value is -1.82. The fourth-order valence-corrected chi connectivity index (χ4v) is 1.83. The molecule has 96 valence electrons. The number of allylic oxidation sites excluding steroid dienone is 1. The number of hydrogen-bond acceptors (Lipinski definition) is 5. The third-order valence-electron chi connectivity index (χ3n) is 2.10. The van der Waals surface area contributed by atoms with Crippen LogP contribution in [-0.2, 0) is 4.79 Å². The molecule has 0 bridgehead atoms. The monoisotopic (exact) mass is 267 g/mol. The molecule has 0 aliphatic carbocycles. The van der Waals surface area contributed by atoms with Gasteiger partial charge in [0.25, 0.3) is 0 Å². The molecule has 0 radical (unpaired) electrons. The van der Waals surface area contributed by atoms with Crippen molar-refractivity contribution in [1.29, 1.82) is 0 Å². The van der Waals surface area contributed by atoms with E-state index < -0.39 is 4.92 Å². The highest BCUT2D eigenvalue weighted by Crippen LogP contribution is 2.26. The largest absolute Gasteiger partial charge is 0.502 e. The molecule has 0 amide bonds. The van der Waals surface area contributed by atoms with Crippen LogP contribution in [0, 0.1) is 10.1 Å². The summed E-state index contributed by atoms with van der Waals surface area (Å²) in [5.41, 5.74) is 0.380. The number of phenols is 1. The predicted molar refractivity (Wildman–Crippen MR) is 71.6 cm³/mol. The van der Waals surface area contributed by atoms with Gasteiger partial charge in [0, 0.05) is 18.7 Å². The van der Waals surface area contributed by atoms with Gasteiger partial charge < -0.3 is 5.11 Å². The summed E-state index contributed by atoms with van der Waals surface area (Å²) in [4.78, 5) is 20.5. The van der Waals surface area contributed by atoms with Crippen LogP contribution in [0.2, 0.25) is 0 Å². The van der Waals surface area contributed by atoms with Crippen molar-refractivity contribution in [3.8, 4) is 5.75 Å². The summed E-state index contributed by atoms with van der Waals surface area (Å²) in [6.45, 7) is 1.52. The highest BCUT2D eigenvalue weighted by atomic mass is 32.2. The summed E-state index contributed by atoms with van der Waals surface area (Å²) >= 11 is 1.25. The lowest BCUT2D eigenvalue weighted by Gasteiger charge is -1.97. The maximum Gasteiger partial charge on any atom is 0.310 e. The van der Waals surface area contributed by atoms with E-state index in [1.807, 2.05) is 6.08 Å². The molecule has 0 saturated carbocycles. The highest BCUT2D eigenvalue weighted by Gasteiger charge is 2.11. The molecule has 6 heteroatoms. The average Bonchev–Trinajstić information content (AvgIpc) is 2.27. The lowest BCUT2D eigenvalue weighted by Crippen LogP contribution is -1.88. The zero-order valence-corrected chi connectivity index (χ0v) is 10.6. The Bertz CT molecular complexity index is 485. The van der Waals surface area contributed by atoms with Crippen molar-refractivity contribution < 1.29 is 14.8 Å². The van der Waals surface area contributed by atoms with Crippen molar-refractivity contribution in [3.63, 3.8) is 0 Å².